The van der Waals surface area contributed by atoms with Crippen LogP contribution in [0.25, 0.3) is 0 Å². The second-order valence-corrected chi connectivity index (χ2v) is 7.42. The largest absolute Gasteiger partial charge is 0.495 e. The molecule has 0 spiro atoms. The smallest absolute Gasteiger partial charge is 0.191 e. The minimum Gasteiger partial charge on any atom is -0.495 e. The van der Waals surface area contributed by atoms with E-state index in [0.717, 1.165) is 67.9 Å². The maximum absolute atomic E-state index is 5.53. The molecular weight excluding hydrogens is 493 g/mol. The van der Waals surface area contributed by atoms with E-state index in [1.165, 1.54) is 0 Å². The van der Waals surface area contributed by atoms with Crippen molar-refractivity contribution in [1.29, 1.82) is 0 Å². The first-order chi connectivity index (χ1) is 14.1. The lowest BCUT2D eigenvalue weighted by Crippen LogP contribution is -2.45. The number of rotatable bonds is 8. The predicted octanol–water partition coefficient (Wildman–Crippen LogP) is 2.86. The molecule has 1 unspecified atom stereocenters. The molecule has 0 radical (unpaired) electrons. The Morgan fingerprint density at radius 1 is 1.30 bits per heavy atom. The van der Waals surface area contributed by atoms with Crippen molar-refractivity contribution >= 4 is 35.6 Å². The zero-order valence-electron chi connectivity index (χ0n) is 18.4. The van der Waals surface area contributed by atoms with E-state index in [9.17, 15) is 0 Å². The van der Waals surface area contributed by atoms with E-state index in [-0.39, 0.29) is 24.0 Å². The minimum absolute atomic E-state index is 0. The number of para-hydroxylation sites is 2. The molecule has 166 valence electrons. The molecule has 2 heterocycles. The summed E-state index contributed by atoms with van der Waals surface area (Å²) < 4.78 is 7.51. The van der Waals surface area contributed by atoms with Crippen LogP contribution in [0.2, 0.25) is 0 Å². The fourth-order valence-electron chi connectivity index (χ4n) is 3.46. The molecule has 30 heavy (non-hydrogen) atoms. The zero-order chi connectivity index (χ0) is 20.6. The zero-order valence-corrected chi connectivity index (χ0v) is 20.7. The van der Waals surface area contributed by atoms with Gasteiger partial charge in [-0.25, -0.2) is 4.99 Å². The van der Waals surface area contributed by atoms with Crippen molar-refractivity contribution in [2.24, 2.45) is 12.0 Å². The lowest BCUT2D eigenvalue weighted by molar-refractivity contribution is 0.415. The van der Waals surface area contributed by atoms with Crippen LogP contribution in [-0.4, -0.2) is 53.5 Å². The van der Waals surface area contributed by atoms with Gasteiger partial charge in [-0.15, -0.1) is 34.2 Å². The summed E-state index contributed by atoms with van der Waals surface area (Å²) in [6.45, 7) is 7.45. The predicted molar refractivity (Wildman–Crippen MR) is 132 cm³/mol. The highest BCUT2D eigenvalue weighted by molar-refractivity contribution is 14.0. The monoisotopic (exact) mass is 527 g/mol. The molecule has 1 aromatic carbocycles. The summed E-state index contributed by atoms with van der Waals surface area (Å²) in [4.78, 5) is 7.13. The molecule has 1 fully saturated rings. The highest BCUT2D eigenvalue weighted by Gasteiger charge is 2.25. The van der Waals surface area contributed by atoms with Gasteiger partial charge in [0, 0.05) is 32.7 Å². The third-order valence-electron chi connectivity index (χ3n) is 5.34. The maximum Gasteiger partial charge on any atom is 0.191 e. The molecule has 1 atom stereocenters. The number of benzene rings is 1. The van der Waals surface area contributed by atoms with Crippen molar-refractivity contribution in [3.8, 4) is 5.75 Å². The number of aromatic nitrogens is 3. The number of nitrogens with zero attached hydrogens (tertiary/aromatic N) is 5. The molecule has 2 N–H and O–H groups in total. The van der Waals surface area contributed by atoms with Crippen LogP contribution in [0.1, 0.15) is 37.8 Å². The summed E-state index contributed by atoms with van der Waals surface area (Å²) in [5.74, 6) is 3.51. The van der Waals surface area contributed by atoms with Gasteiger partial charge in [-0.05, 0) is 31.9 Å². The molecule has 0 amide bonds. The highest BCUT2D eigenvalue weighted by atomic mass is 127. The molecule has 1 aliphatic rings. The topological polar surface area (TPSA) is 79.6 Å². The van der Waals surface area contributed by atoms with Gasteiger partial charge in [-0.2, -0.15) is 0 Å². The fourth-order valence-corrected chi connectivity index (χ4v) is 3.46. The van der Waals surface area contributed by atoms with Crippen molar-refractivity contribution in [3.05, 3.63) is 35.9 Å². The highest BCUT2D eigenvalue weighted by Crippen LogP contribution is 2.30. The van der Waals surface area contributed by atoms with Crippen LogP contribution < -0.4 is 20.3 Å². The van der Waals surface area contributed by atoms with Gasteiger partial charge in [-0.3, -0.25) is 0 Å². The maximum atomic E-state index is 5.53. The Hall–Kier alpha value is -2.04. The first kappa shape index (κ1) is 24.2. The first-order valence-corrected chi connectivity index (χ1v) is 10.4. The number of methoxy groups -OCH3 is 1. The molecule has 2 aromatic rings. The number of nitrogens with one attached hydrogen (secondary N) is 2. The Labute approximate surface area is 196 Å². The van der Waals surface area contributed by atoms with Crippen LogP contribution in [0.4, 0.5) is 5.69 Å². The van der Waals surface area contributed by atoms with E-state index in [4.69, 9.17) is 9.73 Å². The SMILES string of the molecule is CCCCNC(=NCc1nnc(C)n1C)NC1CCN(c2ccccc2OC)C1.I. The summed E-state index contributed by atoms with van der Waals surface area (Å²) in [5, 5.41) is 15.4. The number of guanidine groups is 1. The Balaban J connectivity index is 0.00000320. The fraction of sp³-hybridized carbons (Fsp3) is 0.571. The summed E-state index contributed by atoms with van der Waals surface area (Å²) in [7, 11) is 3.70. The second-order valence-electron chi connectivity index (χ2n) is 7.42. The van der Waals surface area contributed by atoms with Crippen molar-refractivity contribution in [2.75, 3.05) is 31.6 Å². The van der Waals surface area contributed by atoms with E-state index in [1.54, 1.807) is 7.11 Å². The van der Waals surface area contributed by atoms with Gasteiger partial charge < -0.3 is 24.8 Å². The van der Waals surface area contributed by atoms with Crippen LogP contribution in [0.15, 0.2) is 29.3 Å². The molecule has 8 nitrogen and oxygen atoms in total. The van der Waals surface area contributed by atoms with E-state index in [1.807, 2.05) is 30.7 Å². The third kappa shape index (κ3) is 6.23. The number of halogens is 1. The minimum atomic E-state index is 0. The number of unbranched alkanes of at least 4 members (excludes halogenated alkanes) is 1. The van der Waals surface area contributed by atoms with Gasteiger partial charge in [0.05, 0.1) is 12.8 Å². The van der Waals surface area contributed by atoms with E-state index in [0.29, 0.717) is 12.6 Å². The third-order valence-corrected chi connectivity index (χ3v) is 5.34. The molecule has 1 aliphatic heterocycles. The lowest BCUT2D eigenvalue weighted by atomic mass is 10.2. The van der Waals surface area contributed by atoms with E-state index in [2.05, 4.69) is 44.8 Å². The summed E-state index contributed by atoms with van der Waals surface area (Å²) in [5.41, 5.74) is 1.14. The number of hydrogen-bond acceptors (Lipinski definition) is 5. The van der Waals surface area contributed by atoms with Crippen molar-refractivity contribution in [1.82, 2.24) is 25.4 Å². The summed E-state index contributed by atoms with van der Waals surface area (Å²) in [6.07, 6.45) is 3.31. The van der Waals surface area contributed by atoms with Crippen LogP contribution >= 0.6 is 24.0 Å². The van der Waals surface area contributed by atoms with Gasteiger partial charge >= 0.3 is 0 Å². The molecule has 0 saturated carbocycles. The average Bonchev–Trinajstić information content (AvgIpc) is 3.33. The normalized spacial score (nSPS) is 16.3. The molecule has 0 aliphatic carbocycles. The van der Waals surface area contributed by atoms with Crippen LogP contribution in [0.3, 0.4) is 0 Å². The van der Waals surface area contributed by atoms with Crippen molar-refractivity contribution < 1.29 is 4.74 Å². The van der Waals surface area contributed by atoms with Gasteiger partial charge in [0.1, 0.15) is 18.1 Å². The van der Waals surface area contributed by atoms with E-state index >= 15 is 0 Å². The van der Waals surface area contributed by atoms with E-state index < -0.39 is 0 Å². The van der Waals surface area contributed by atoms with Gasteiger partial charge in [-0.1, -0.05) is 25.5 Å². The number of anilines is 1. The van der Waals surface area contributed by atoms with Crippen LogP contribution in [0, 0.1) is 6.92 Å². The van der Waals surface area contributed by atoms with Crippen LogP contribution in [0.5, 0.6) is 5.75 Å². The Morgan fingerprint density at radius 2 is 2.10 bits per heavy atom. The quantitative estimate of drug-likeness (QED) is 0.238. The molecule has 0 bridgehead atoms. The van der Waals surface area contributed by atoms with Gasteiger partial charge in [0.25, 0.3) is 0 Å². The Morgan fingerprint density at radius 3 is 2.80 bits per heavy atom. The molecule has 3 rings (SSSR count). The van der Waals surface area contributed by atoms with Crippen molar-refractivity contribution in [2.45, 2.75) is 45.7 Å². The van der Waals surface area contributed by atoms with Crippen molar-refractivity contribution in [3.63, 3.8) is 0 Å². The summed E-state index contributed by atoms with van der Waals surface area (Å²) >= 11 is 0. The summed E-state index contributed by atoms with van der Waals surface area (Å²) in [6, 6.07) is 8.52. The molecule has 1 saturated heterocycles. The molecular formula is C21H34IN7O. The lowest BCUT2D eigenvalue weighted by Gasteiger charge is -2.22. The number of ether oxygens (including phenoxy) is 1. The van der Waals surface area contributed by atoms with Gasteiger partial charge in [0.15, 0.2) is 11.8 Å². The number of hydrogen-bond donors (Lipinski definition) is 2. The second kappa shape index (κ2) is 12.0. The standard InChI is InChI=1S/C21H33N7O.HI/c1-5-6-12-22-21(23-14-20-26-25-16(2)27(20)3)24-17-11-13-28(15-17)18-9-7-8-10-19(18)29-4;/h7-10,17H,5-6,11-15H2,1-4H3,(H2,22,23,24);1H. The number of aliphatic imine (C=N–C) groups is 1. The molecule has 1 aromatic heterocycles. The average molecular weight is 527 g/mol. The Bertz CT molecular complexity index is 823. The first-order valence-electron chi connectivity index (χ1n) is 10.4. The van der Waals surface area contributed by atoms with Crippen LogP contribution in [-0.2, 0) is 13.6 Å². The Kier molecular flexibility index (Phi) is 9.67. The molecule has 9 heteroatoms. The number of aryl methyl sites for hydroxylation is 1. The van der Waals surface area contributed by atoms with Gasteiger partial charge in [0.2, 0.25) is 0 Å².